The van der Waals surface area contributed by atoms with Gasteiger partial charge in [0.25, 0.3) is 0 Å². The van der Waals surface area contributed by atoms with E-state index < -0.39 is 0 Å². The van der Waals surface area contributed by atoms with Crippen molar-refractivity contribution < 1.29 is 5.11 Å². The van der Waals surface area contributed by atoms with Crippen molar-refractivity contribution in [2.45, 2.75) is 32.2 Å². The van der Waals surface area contributed by atoms with E-state index in [2.05, 4.69) is 34.9 Å². The lowest BCUT2D eigenvalue weighted by atomic mass is 10.0. The van der Waals surface area contributed by atoms with Gasteiger partial charge in [-0.05, 0) is 42.4 Å². The molecule has 1 saturated heterocycles. The maximum absolute atomic E-state index is 8.76. The molecule has 1 saturated carbocycles. The zero-order chi connectivity index (χ0) is 13.8. The van der Waals surface area contributed by atoms with E-state index in [0.29, 0.717) is 6.42 Å². The molecule has 1 heterocycles. The average Bonchev–Trinajstić information content (AvgIpc) is 3.00. The molecule has 2 aliphatic rings. The minimum Gasteiger partial charge on any atom is -0.395 e. The molecule has 106 valence electrons. The van der Waals surface area contributed by atoms with Crippen molar-refractivity contribution >= 4 is 0 Å². The highest BCUT2D eigenvalue weighted by atomic mass is 16.2. The molecule has 1 aromatic carbocycles. The molecule has 2 atom stereocenters. The molecule has 20 heavy (non-hydrogen) atoms. The highest BCUT2D eigenvalue weighted by Crippen LogP contribution is 2.38. The fourth-order valence-electron chi connectivity index (χ4n) is 3.69. The molecule has 1 aromatic rings. The molecular formula is C18H23NO. The van der Waals surface area contributed by atoms with Crippen LogP contribution in [0.3, 0.4) is 0 Å². The highest BCUT2D eigenvalue weighted by molar-refractivity contribution is 5.37. The van der Waals surface area contributed by atoms with Gasteiger partial charge in [-0.25, -0.2) is 0 Å². The van der Waals surface area contributed by atoms with Crippen LogP contribution in [0.5, 0.6) is 0 Å². The van der Waals surface area contributed by atoms with Crippen LogP contribution in [-0.4, -0.2) is 29.7 Å². The normalized spacial score (nSPS) is 25.2. The Kier molecular flexibility index (Phi) is 4.40. The standard InChI is InChI=1S/C18H23NO/c20-10-2-1-5-15-6-3-7-16(11-15)12-19-13-17-8-4-9-18(17)14-19/h3,6-7,11,17-18,20H,2,4,8-10,12-14H2. The fourth-order valence-corrected chi connectivity index (χ4v) is 3.69. The van der Waals surface area contributed by atoms with Crippen LogP contribution in [0.25, 0.3) is 0 Å². The molecule has 0 spiro atoms. The van der Waals surface area contributed by atoms with Gasteiger partial charge in [0.2, 0.25) is 0 Å². The van der Waals surface area contributed by atoms with Crippen molar-refractivity contribution in [3.8, 4) is 11.8 Å². The molecule has 0 bridgehead atoms. The Bertz CT molecular complexity index is 502. The Morgan fingerprint density at radius 1 is 1.20 bits per heavy atom. The largest absolute Gasteiger partial charge is 0.395 e. The zero-order valence-corrected chi connectivity index (χ0v) is 12.0. The van der Waals surface area contributed by atoms with Gasteiger partial charge in [0.15, 0.2) is 0 Å². The number of aliphatic hydroxyl groups excluding tert-OH is 1. The van der Waals surface area contributed by atoms with Crippen LogP contribution in [0.1, 0.15) is 36.8 Å². The van der Waals surface area contributed by atoms with E-state index in [-0.39, 0.29) is 6.61 Å². The van der Waals surface area contributed by atoms with Crippen molar-refractivity contribution in [2.75, 3.05) is 19.7 Å². The van der Waals surface area contributed by atoms with E-state index in [1.54, 1.807) is 0 Å². The van der Waals surface area contributed by atoms with Gasteiger partial charge >= 0.3 is 0 Å². The summed E-state index contributed by atoms with van der Waals surface area (Å²) in [6, 6.07) is 8.53. The zero-order valence-electron chi connectivity index (χ0n) is 12.0. The third kappa shape index (κ3) is 3.23. The Morgan fingerprint density at radius 3 is 2.75 bits per heavy atom. The van der Waals surface area contributed by atoms with Crippen LogP contribution in [0.15, 0.2) is 24.3 Å². The van der Waals surface area contributed by atoms with Crippen molar-refractivity contribution in [1.29, 1.82) is 0 Å². The second-order valence-corrected chi connectivity index (χ2v) is 6.12. The lowest BCUT2D eigenvalue weighted by Gasteiger charge is -2.16. The summed E-state index contributed by atoms with van der Waals surface area (Å²) in [5.41, 5.74) is 2.43. The van der Waals surface area contributed by atoms with Gasteiger partial charge in [0, 0.05) is 31.6 Å². The van der Waals surface area contributed by atoms with Crippen LogP contribution < -0.4 is 0 Å². The Labute approximate surface area is 121 Å². The lowest BCUT2D eigenvalue weighted by molar-refractivity contribution is 0.303. The highest BCUT2D eigenvalue weighted by Gasteiger charge is 2.35. The van der Waals surface area contributed by atoms with E-state index in [9.17, 15) is 0 Å². The van der Waals surface area contributed by atoms with Crippen molar-refractivity contribution in [3.05, 3.63) is 35.4 Å². The van der Waals surface area contributed by atoms with E-state index >= 15 is 0 Å². The molecular weight excluding hydrogens is 246 g/mol. The Balaban J connectivity index is 1.61. The summed E-state index contributed by atoms with van der Waals surface area (Å²) in [5, 5.41) is 8.76. The van der Waals surface area contributed by atoms with Crippen LogP contribution >= 0.6 is 0 Å². The van der Waals surface area contributed by atoms with Gasteiger partial charge in [-0.3, -0.25) is 4.90 Å². The van der Waals surface area contributed by atoms with Gasteiger partial charge in [-0.1, -0.05) is 30.4 Å². The smallest absolute Gasteiger partial charge is 0.0540 e. The van der Waals surface area contributed by atoms with Crippen LogP contribution in [0, 0.1) is 23.7 Å². The maximum atomic E-state index is 8.76. The minimum absolute atomic E-state index is 0.142. The molecule has 0 aromatic heterocycles. The van der Waals surface area contributed by atoms with E-state index in [1.807, 2.05) is 6.07 Å². The monoisotopic (exact) mass is 269 g/mol. The summed E-state index contributed by atoms with van der Waals surface area (Å²) in [4.78, 5) is 2.61. The number of hydrogen-bond acceptors (Lipinski definition) is 2. The van der Waals surface area contributed by atoms with Gasteiger partial charge in [-0.2, -0.15) is 0 Å². The molecule has 2 nitrogen and oxygen atoms in total. The second kappa shape index (κ2) is 6.43. The van der Waals surface area contributed by atoms with Gasteiger partial charge in [-0.15, -0.1) is 0 Å². The Hall–Kier alpha value is -1.30. The maximum Gasteiger partial charge on any atom is 0.0540 e. The quantitative estimate of drug-likeness (QED) is 0.853. The van der Waals surface area contributed by atoms with Gasteiger partial charge in [0.1, 0.15) is 0 Å². The molecule has 2 unspecified atom stereocenters. The summed E-state index contributed by atoms with van der Waals surface area (Å²) in [5.74, 6) is 8.03. The third-order valence-corrected chi connectivity index (χ3v) is 4.60. The first-order chi connectivity index (χ1) is 9.85. The molecule has 1 aliphatic heterocycles. The van der Waals surface area contributed by atoms with Crippen LogP contribution in [0.4, 0.5) is 0 Å². The number of fused-ring (bicyclic) bond motifs is 1. The predicted octanol–water partition coefficient (Wildman–Crippen LogP) is 2.65. The number of nitrogens with zero attached hydrogens (tertiary/aromatic N) is 1. The number of hydrogen-bond donors (Lipinski definition) is 1. The topological polar surface area (TPSA) is 23.5 Å². The first kappa shape index (κ1) is 13.7. The summed E-state index contributed by atoms with van der Waals surface area (Å²) in [6.45, 7) is 3.77. The van der Waals surface area contributed by atoms with E-state index in [0.717, 1.165) is 23.9 Å². The second-order valence-electron chi connectivity index (χ2n) is 6.12. The number of rotatable bonds is 3. The van der Waals surface area contributed by atoms with Crippen molar-refractivity contribution in [2.24, 2.45) is 11.8 Å². The number of benzene rings is 1. The van der Waals surface area contributed by atoms with Crippen molar-refractivity contribution in [1.82, 2.24) is 4.90 Å². The summed E-state index contributed by atoms with van der Waals surface area (Å²) in [6.07, 6.45) is 4.88. The van der Waals surface area contributed by atoms with Gasteiger partial charge < -0.3 is 5.11 Å². The molecule has 2 fully saturated rings. The number of likely N-dealkylation sites (tertiary alicyclic amines) is 1. The molecule has 2 heteroatoms. The van der Waals surface area contributed by atoms with Crippen molar-refractivity contribution in [3.63, 3.8) is 0 Å². The average molecular weight is 269 g/mol. The first-order valence-corrected chi connectivity index (χ1v) is 7.76. The summed E-state index contributed by atoms with van der Waals surface area (Å²) < 4.78 is 0. The van der Waals surface area contributed by atoms with E-state index in [4.69, 9.17) is 5.11 Å². The number of aliphatic hydroxyl groups is 1. The summed E-state index contributed by atoms with van der Waals surface area (Å²) in [7, 11) is 0. The third-order valence-electron chi connectivity index (χ3n) is 4.60. The molecule has 0 amide bonds. The molecule has 1 aliphatic carbocycles. The molecule has 1 N–H and O–H groups in total. The van der Waals surface area contributed by atoms with Gasteiger partial charge in [0.05, 0.1) is 6.61 Å². The van der Waals surface area contributed by atoms with Crippen LogP contribution in [0.2, 0.25) is 0 Å². The first-order valence-electron chi connectivity index (χ1n) is 7.76. The minimum atomic E-state index is 0.142. The molecule has 3 rings (SSSR count). The van der Waals surface area contributed by atoms with E-state index in [1.165, 1.54) is 37.9 Å². The van der Waals surface area contributed by atoms with Crippen LogP contribution in [-0.2, 0) is 6.54 Å². The predicted molar refractivity (Wildman–Crippen MR) is 81.1 cm³/mol. The Morgan fingerprint density at radius 2 is 2.00 bits per heavy atom. The summed E-state index contributed by atoms with van der Waals surface area (Å²) >= 11 is 0. The fraction of sp³-hybridized carbons (Fsp3) is 0.556. The molecule has 0 radical (unpaired) electrons. The lowest BCUT2D eigenvalue weighted by Crippen LogP contribution is -2.21. The SMILES string of the molecule is OCCC#Cc1cccc(CN2CC3CCCC3C2)c1.